The van der Waals surface area contributed by atoms with Crippen molar-refractivity contribution in [3.05, 3.63) is 24.3 Å². The summed E-state index contributed by atoms with van der Waals surface area (Å²) >= 11 is 0. The Kier molecular flexibility index (Phi) is 4.17. The number of fused-ring (bicyclic) bond motifs is 1. The van der Waals surface area contributed by atoms with Crippen LogP contribution in [-0.4, -0.2) is 25.0 Å². The molecule has 0 saturated heterocycles. The first-order valence-electron chi connectivity index (χ1n) is 6.14. The van der Waals surface area contributed by atoms with E-state index in [1.54, 1.807) is 0 Å². The van der Waals surface area contributed by atoms with Crippen LogP contribution in [0.3, 0.4) is 0 Å². The molecule has 0 atom stereocenters. The summed E-state index contributed by atoms with van der Waals surface area (Å²) in [5.41, 5.74) is 0.743. The van der Waals surface area contributed by atoms with Crippen LogP contribution in [0.2, 0.25) is 0 Å². The summed E-state index contributed by atoms with van der Waals surface area (Å²) < 4.78 is 5.49. The van der Waals surface area contributed by atoms with Crippen molar-refractivity contribution in [1.29, 1.82) is 0 Å². The number of hydrogen-bond donors (Lipinski definition) is 2. The molecule has 2 amide bonds. The van der Waals surface area contributed by atoms with Crippen molar-refractivity contribution >= 4 is 17.6 Å². The third-order valence-corrected chi connectivity index (χ3v) is 2.56. The second kappa shape index (κ2) is 6.05. The van der Waals surface area contributed by atoms with Crippen LogP contribution in [0, 0.1) is 0 Å². The predicted octanol–water partition coefficient (Wildman–Crippen LogP) is 2.21. The third-order valence-electron chi connectivity index (χ3n) is 2.56. The minimum atomic E-state index is -0.231. The molecule has 0 fully saturated rings. The number of aliphatic imine (C=N–C) groups is 1. The number of carbonyl (C=O) groups is 1. The van der Waals surface area contributed by atoms with Gasteiger partial charge in [0.2, 0.25) is 0 Å². The molecule has 1 aliphatic heterocycles. The van der Waals surface area contributed by atoms with Gasteiger partial charge < -0.3 is 10.1 Å². The van der Waals surface area contributed by atoms with Crippen molar-refractivity contribution in [2.24, 2.45) is 4.99 Å². The number of hydrogen-bond acceptors (Lipinski definition) is 3. The lowest BCUT2D eigenvalue weighted by Gasteiger charge is -2.17. The van der Waals surface area contributed by atoms with E-state index in [4.69, 9.17) is 4.74 Å². The molecule has 5 heteroatoms. The van der Waals surface area contributed by atoms with Gasteiger partial charge in [0.25, 0.3) is 0 Å². The lowest BCUT2D eigenvalue weighted by atomic mass is 10.3. The van der Waals surface area contributed by atoms with Gasteiger partial charge in [-0.15, -0.1) is 0 Å². The van der Waals surface area contributed by atoms with Crippen LogP contribution in [0.4, 0.5) is 10.5 Å². The van der Waals surface area contributed by atoms with E-state index < -0.39 is 0 Å². The smallest absolute Gasteiger partial charge is 0.320 e. The van der Waals surface area contributed by atoms with Crippen LogP contribution >= 0.6 is 0 Å². The van der Waals surface area contributed by atoms with E-state index in [0.717, 1.165) is 24.3 Å². The number of unbranched alkanes of at least 4 members (excludes halogenated alkanes) is 1. The molecule has 2 rings (SSSR count). The number of ether oxygens (including phenoxy) is 1. The van der Waals surface area contributed by atoms with Crippen molar-refractivity contribution in [1.82, 2.24) is 10.6 Å². The Bertz CT molecular complexity index is 457. The molecule has 1 aromatic rings. The topological polar surface area (TPSA) is 62.7 Å². The largest absolute Gasteiger partial charge is 0.483 e. The number of carbonyl (C=O) groups excluding carboxylic acids is 1. The monoisotopic (exact) mass is 247 g/mol. The molecule has 2 N–H and O–H groups in total. The standard InChI is InChI=1S/C13H17N3O2/c1-2-3-8-14-13(17)16-12-9-18-11-7-5-4-6-10(11)15-12/h4-7H,2-3,8-9H2,1H3,(H2,14,15,16,17). The van der Waals surface area contributed by atoms with Gasteiger partial charge in [-0.25, -0.2) is 9.79 Å². The molecule has 5 nitrogen and oxygen atoms in total. The fraction of sp³-hybridized carbons (Fsp3) is 0.385. The van der Waals surface area contributed by atoms with Gasteiger partial charge in [-0.1, -0.05) is 25.5 Å². The maximum Gasteiger partial charge on any atom is 0.320 e. The quantitative estimate of drug-likeness (QED) is 0.804. The van der Waals surface area contributed by atoms with Crippen LogP contribution in [0.5, 0.6) is 5.75 Å². The molecule has 1 heterocycles. The highest BCUT2D eigenvalue weighted by atomic mass is 16.5. The molecule has 0 bridgehead atoms. The zero-order valence-corrected chi connectivity index (χ0v) is 10.4. The number of benzene rings is 1. The average Bonchev–Trinajstić information content (AvgIpc) is 2.39. The van der Waals surface area contributed by atoms with E-state index in [1.807, 2.05) is 24.3 Å². The van der Waals surface area contributed by atoms with Crippen molar-refractivity contribution in [2.45, 2.75) is 19.8 Å². The molecule has 1 aromatic carbocycles. The Morgan fingerprint density at radius 2 is 2.28 bits per heavy atom. The Balaban J connectivity index is 1.91. The predicted molar refractivity (Wildman–Crippen MR) is 70.5 cm³/mol. The van der Waals surface area contributed by atoms with Gasteiger partial charge in [0.1, 0.15) is 23.9 Å². The minimum absolute atomic E-state index is 0.231. The summed E-state index contributed by atoms with van der Waals surface area (Å²) in [5, 5.41) is 5.46. The van der Waals surface area contributed by atoms with E-state index in [0.29, 0.717) is 12.4 Å². The number of nitrogens with zero attached hydrogens (tertiary/aromatic N) is 1. The van der Waals surface area contributed by atoms with E-state index in [9.17, 15) is 4.79 Å². The summed E-state index contributed by atoms with van der Waals surface area (Å²) in [6.45, 7) is 3.04. The maximum absolute atomic E-state index is 11.5. The molecule has 0 aromatic heterocycles. The van der Waals surface area contributed by atoms with Crippen molar-refractivity contribution < 1.29 is 9.53 Å². The second-order valence-corrected chi connectivity index (χ2v) is 4.05. The Morgan fingerprint density at radius 3 is 3.11 bits per heavy atom. The fourth-order valence-corrected chi connectivity index (χ4v) is 1.61. The SMILES string of the molecule is CCCCNC(=O)NC1=Nc2ccccc2OC1. The van der Waals surface area contributed by atoms with Crippen LogP contribution in [0.25, 0.3) is 0 Å². The Morgan fingerprint density at radius 1 is 1.44 bits per heavy atom. The van der Waals surface area contributed by atoms with Crippen LogP contribution < -0.4 is 15.4 Å². The van der Waals surface area contributed by atoms with E-state index in [1.165, 1.54) is 0 Å². The summed E-state index contributed by atoms with van der Waals surface area (Å²) in [6, 6.07) is 7.26. The van der Waals surface area contributed by atoms with Crippen molar-refractivity contribution in [3.63, 3.8) is 0 Å². The highest BCUT2D eigenvalue weighted by Crippen LogP contribution is 2.29. The van der Waals surface area contributed by atoms with Gasteiger partial charge in [-0.05, 0) is 18.6 Å². The zero-order chi connectivity index (χ0) is 12.8. The lowest BCUT2D eigenvalue weighted by Crippen LogP contribution is -2.42. The van der Waals surface area contributed by atoms with Crippen LogP contribution in [0.15, 0.2) is 29.3 Å². The summed E-state index contributed by atoms with van der Waals surface area (Å²) in [6.07, 6.45) is 2.02. The van der Waals surface area contributed by atoms with Gasteiger partial charge in [-0.3, -0.25) is 5.32 Å². The second-order valence-electron chi connectivity index (χ2n) is 4.05. The first-order valence-corrected chi connectivity index (χ1v) is 6.14. The van der Waals surface area contributed by atoms with E-state index in [-0.39, 0.29) is 12.6 Å². The molecule has 0 unspecified atom stereocenters. The first-order chi connectivity index (χ1) is 8.79. The van der Waals surface area contributed by atoms with Crippen molar-refractivity contribution in [2.75, 3.05) is 13.2 Å². The molecule has 96 valence electrons. The summed E-state index contributed by atoms with van der Waals surface area (Å²) in [4.78, 5) is 15.9. The van der Waals surface area contributed by atoms with E-state index >= 15 is 0 Å². The number of amidine groups is 1. The van der Waals surface area contributed by atoms with Gasteiger partial charge in [0.05, 0.1) is 0 Å². The molecular formula is C13H17N3O2. The summed E-state index contributed by atoms with van der Waals surface area (Å²) in [7, 11) is 0. The number of para-hydroxylation sites is 2. The normalized spacial score (nSPS) is 13.1. The zero-order valence-electron chi connectivity index (χ0n) is 10.4. The molecular weight excluding hydrogens is 230 g/mol. The highest BCUT2D eigenvalue weighted by Gasteiger charge is 2.13. The molecule has 1 aliphatic rings. The number of rotatable bonds is 3. The Labute approximate surface area is 106 Å². The highest BCUT2D eigenvalue weighted by molar-refractivity contribution is 6.00. The van der Waals surface area contributed by atoms with Crippen LogP contribution in [-0.2, 0) is 0 Å². The number of nitrogens with one attached hydrogen (secondary N) is 2. The number of urea groups is 1. The van der Waals surface area contributed by atoms with E-state index in [2.05, 4.69) is 22.5 Å². The molecule has 18 heavy (non-hydrogen) atoms. The van der Waals surface area contributed by atoms with Gasteiger partial charge in [0.15, 0.2) is 0 Å². The molecule has 0 spiro atoms. The molecule has 0 saturated carbocycles. The summed E-state index contributed by atoms with van der Waals surface area (Å²) in [5.74, 6) is 1.28. The van der Waals surface area contributed by atoms with Crippen LogP contribution in [0.1, 0.15) is 19.8 Å². The first kappa shape index (κ1) is 12.4. The average molecular weight is 247 g/mol. The molecule has 0 aliphatic carbocycles. The van der Waals surface area contributed by atoms with Gasteiger partial charge in [-0.2, -0.15) is 0 Å². The maximum atomic E-state index is 11.5. The Hall–Kier alpha value is -2.04. The van der Waals surface area contributed by atoms with Crippen molar-refractivity contribution in [3.8, 4) is 5.75 Å². The lowest BCUT2D eigenvalue weighted by molar-refractivity contribution is 0.244. The number of amides is 2. The van der Waals surface area contributed by atoms with Gasteiger partial charge in [0, 0.05) is 6.54 Å². The fourth-order valence-electron chi connectivity index (χ4n) is 1.61. The minimum Gasteiger partial charge on any atom is -0.483 e. The molecule has 0 radical (unpaired) electrons. The third kappa shape index (κ3) is 3.23. The van der Waals surface area contributed by atoms with Gasteiger partial charge >= 0.3 is 6.03 Å².